The lowest BCUT2D eigenvalue weighted by Gasteiger charge is -2.08. The van der Waals surface area contributed by atoms with Gasteiger partial charge in [-0.1, -0.05) is 29.5 Å². The van der Waals surface area contributed by atoms with Crippen molar-refractivity contribution in [2.24, 2.45) is 0 Å². The van der Waals surface area contributed by atoms with Crippen molar-refractivity contribution in [2.75, 3.05) is 5.32 Å². The van der Waals surface area contributed by atoms with Crippen molar-refractivity contribution in [3.05, 3.63) is 83.7 Å². The summed E-state index contributed by atoms with van der Waals surface area (Å²) in [7, 11) is 0. The molecule has 134 valence electrons. The molecule has 4 aromatic rings. The molecule has 0 aliphatic rings. The molecular formula is C20H15FN4O2. The molecule has 0 bridgehead atoms. The van der Waals surface area contributed by atoms with E-state index in [0.29, 0.717) is 12.1 Å². The predicted octanol–water partition coefficient (Wildman–Crippen LogP) is 3.58. The van der Waals surface area contributed by atoms with Gasteiger partial charge in [0.2, 0.25) is 0 Å². The number of fused-ring (bicyclic) bond motifs is 1. The molecule has 27 heavy (non-hydrogen) atoms. The number of rotatable bonds is 4. The summed E-state index contributed by atoms with van der Waals surface area (Å²) >= 11 is 0. The second-order valence-corrected chi connectivity index (χ2v) is 6.05. The molecule has 1 aromatic heterocycles. The fourth-order valence-corrected chi connectivity index (χ4v) is 2.77. The average molecular weight is 362 g/mol. The maximum absolute atomic E-state index is 13.3. The van der Waals surface area contributed by atoms with Crippen LogP contribution in [0, 0.1) is 5.82 Å². The average Bonchev–Trinajstić information content (AvgIpc) is 3.08. The molecule has 0 fully saturated rings. The Morgan fingerprint density at radius 3 is 2.67 bits per heavy atom. The van der Waals surface area contributed by atoms with E-state index < -0.39 is 11.7 Å². The third kappa shape index (κ3) is 3.48. The number of halogens is 1. The van der Waals surface area contributed by atoms with Crippen molar-refractivity contribution in [2.45, 2.75) is 6.54 Å². The van der Waals surface area contributed by atoms with E-state index in [1.807, 2.05) is 36.4 Å². The molecule has 0 saturated heterocycles. The van der Waals surface area contributed by atoms with Gasteiger partial charge in [0.15, 0.2) is 0 Å². The van der Waals surface area contributed by atoms with Gasteiger partial charge in [0.25, 0.3) is 5.91 Å². The first kappa shape index (κ1) is 16.7. The van der Waals surface area contributed by atoms with Gasteiger partial charge < -0.3 is 10.4 Å². The summed E-state index contributed by atoms with van der Waals surface area (Å²) in [4.78, 5) is 12.3. The van der Waals surface area contributed by atoms with Gasteiger partial charge in [-0.25, -0.2) is 9.07 Å². The summed E-state index contributed by atoms with van der Waals surface area (Å²) < 4.78 is 15.1. The molecule has 0 unspecified atom stereocenters. The maximum atomic E-state index is 13.3. The fourth-order valence-electron chi connectivity index (χ4n) is 2.77. The Morgan fingerprint density at radius 2 is 1.85 bits per heavy atom. The van der Waals surface area contributed by atoms with E-state index in [4.69, 9.17) is 0 Å². The topological polar surface area (TPSA) is 80.0 Å². The molecule has 2 N–H and O–H groups in total. The Bertz CT molecular complexity index is 1120. The summed E-state index contributed by atoms with van der Waals surface area (Å²) in [6.07, 6.45) is 0. The number of phenols is 1. The summed E-state index contributed by atoms with van der Waals surface area (Å²) in [6.45, 7) is 0.521. The van der Waals surface area contributed by atoms with Crippen LogP contribution in [0.5, 0.6) is 5.75 Å². The normalized spacial score (nSPS) is 10.9. The largest absolute Gasteiger partial charge is 0.506 e. The van der Waals surface area contributed by atoms with Crippen LogP contribution in [-0.2, 0) is 6.54 Å². The lowest BCUT2D eigenvalue weighted by atomic mass is 10.1. The number of phenolic OH excluding ortho intramolecular Hbond substituents is 1. The van der Waals surface area contributed by atoms with Crippen LogP contribution in [0.1, 0.15) is 15.9 Å². The number of nitrogens with one attached hydrogen (secondary N) is 1. The molecule has 0 atom stereocenters. The molecule has 0 radical (unpaired) electrons. The molecule has 1 heterocycles. The maximum Gasteiger partial charge on any atom is 0.255 e. The van der Waals surface area contributed by atoms with Gasteiger partial charge in [-0.15, -0.1) is 5.10 Å². The van der Waals surface area contributed by atoms with Crippen molar-refractivity contribution in [1.29, 1.82) is 0 Å². The molecule has 0 aliphatic heterocycles. The van der Waals surface area contributed by atoms with Crippen molar-refractivity contribution in [3.63, 3.8) is 0 Å². The highest BCUT2D eigenvalue weighted by Gasteiger charge is 2.10. The Morgan fingerprint density at radius 1 is 1.07 bits per heavy atom. The second kappa shape index (κ2) is 6.87. The monoisotopic (exact) mass is 362 g/mol. The SMILES string of the molecule is O=C(Nc1cc(F)ccc1O)c1ccc(Cn2nnc3ccccc32)cc1. The molecule has 0 saturated carbocycles. The van der Waals surface area contributed by atoms with E-state index >= 15 is 0 Å². The van der Waals surface area contributed by atoms with E-state index in [0.717, 1.165) is 28.7 Å². The minimum absolute atomic E-state index is 0.0261. The zero-order valence-electron chi connectivity index (χ0n) is 14.1. The summed E-state index contributed by atoms with van der Waals surface area (Å²) in [6, 6.07) is 18.0. The third-order valence-electron chi connectivity index (χ3n) is 4.18. The first-order valence-corrected chi connectivity index (χ1v) is 8.27. The molecule has 6 nitrogen and oxygen atoms in total. The number of aromatic hydroxyl groups is 1. The lowest BCUT2D eigenvalue weighted by molar-refractivity contribution is 0.102. The van der Waals surface area contributed by atoms with Gasteiger partial charge >= 0.3 is 0 Å². The fraction of sp³-hybridized carbons (Fsp3) is 0.0500. The first-order valence-electron chi connectivity index (χ1n) is 8.27. The van der Waals surface area contributed by atoms with Crippen LogP contribution in [-0.4, -0.2) is 26.0 Å². The highest BCUT2D eigenvalue weighted by atomic mass is 19.1. The molecule has 0 aliphatic carbocycles. The molecule has 7 heteroatoms. The number of benzene rings is 3. The van der Waals surface area contributed by atoms with Crippen molar-refractivity contribution in [1.82, 2.24) is 15.0 Å². The van der Waals surface area contributed by atoms with Crippen LogP contribution < -0.4 is 5.32 Å². The highest BCUT2D eigenvalue weighted by molar-refractivity contribution is 6.05. The Hall–Kier alpha value is -3.74. The predicted molar refractivity (Wildman–Crippen MR) is 99.1 cm³/mol. The molecule has 3 aromatic carbocycles. The number of para-hydroxylation sites is 1. The number of carbonyl (C=O) groups excluding carboxylic acids is 1. The Labute approximate surface area is 153 Å². The molecular weight excluding hydrogens is 347 g/mol. The second-order valence-electron chi connectivity index (χ2n) is 6.05. The van der Waals surface area contributed by atoms with Gasteiger partial charge in [-0.05, 0) is 42.0 Å². The van der Waals surface area contributed by atoms with Gasteiger partial charge in [0.1, 0.15) is 17.1 Å². The number of hydrogen-bond donors (Lipinski definition) is 2. The summed E-state index contributed by atoms with van der Waals surface area (Å²) in [5.74, 6) is -1.17. The van der Waals surface area contributed by atoms with Gasteiger partial charge in [0.05, 0.1) is 17.7 Å². The smallest absolute Gasteiger partial charge is 0.255 e. The van der Waals surface area contributed by atoms with Gasteiger partial charge in [-0.2, -0.15) is 0 Å². The van der Waals surface area contributed by atoms with Gasteiger partial charge in [-0.3, -0.25) is 4.79 Å². The Balaban J connectivity index is 1.50. The number of aromatic nitrogens is 3. The number of hydrogen-bond acceptors (Lipinski definition) is 4. The number of amides is 1. The summed E-state index contributed by atoms with van der Waals surface area (Å²) in [5.41, 5.74) is 3.13. The van der Waals surface area contributed by atoms with Gasteiger partial charge in [0, 0.05) is 11.6 Å². The van der Waals surface area contributed by atoms with Crippen LogP contribution in [0.3, 0.4) is 0 Å². The standard InChI is InChI=1S/C20H15FN4O2/c21-15-9-10-19(26)17(11-15)22-20(27)14-7-5-13(6-8-14)12-25-18-4-2-1-3-16(18)23-24-25/h1-11,26H,12H2,(H,22,27). The van der Waals surface area contributed by atoms with E-state index in [2.05, 4.69) is 15.6 Å². The van der Waals surface area contributed by atoms with Crippen molar-refractivity contribution < 1.29 is 14.3 Å². The van der Waals surface area contributed by atoms with Crippen molar-refractivity contribution >= 4 is 22.6 Å². The van der Waals surface area contributed by atoms with E-state index in [1.54, 1.807) is 16.8 Å². The van der Waals surface area contributed by atoms with Crippen LogP contribution in [0.4, 0.5) is 10.1 Å². The third-order valence-corrected chi connectivity index (χ3v) is 4.18. The molecule has 0 spiro atoms. The van der Waals surface area contributed by atoms with E-state index in [1.165, 1.54) is 6.07 Å². The molecule has 1 amide bonds. The van der Waals surface area contributed by atoms with E-state index in [-0.39, 0.29) is 11.4 Å². The zero-order valence-corrected chi connectivity index (χ0v) is 14.1. The minimum Gasteiger partial charge on any atom is -0.506 e. The van der Waals surface area contributed by atoms with Crippen molar-refractivity contribution in [3.8, 4) is 5.75 Å². The summed E-state index contributed by atoms with van der Waals surface area (Å²) in [5, 5.41) is 20.5. The van der Waals surface area contributed by atoms with Crippen LogP contribution in [0.25, 0.3) is 11.0 Å². The Kier molecular flexibility index (Phi) is 4.25. The number of nitrogens with zero attached hydrogens (tertiary/aromatic N) is 3. The van der Waals surface area contributed by atoms with Crippen LogP contribution >= 0.6 is 0 Å². The first-order chi connectivity index (χ1) is 13.1. The van der Waals surface area contributed by atoms with E-state index in [9.17, 15) is 14.3 Å². The number of anilines is 1. The van der Waals surface area contributed by atoms with Crippen LogP contribution in [0.15, 0.2) is 66.7 Å². The highest BCUT2D eigenvalue weighted by Crippen LogP contribution is 2.24. The lowest BCUT2D eigenvalue weighted by Crippen LogP contribution is -2.12. The zero-order chi connectivity index (χ0) is 18.8. The van der Waals surface area contributed by atoms with Crippen LogP contribution in [0.2, 0.25) is 0 Å². The minimum atomic E-state index is -0.543. The molecule has 4 rings (SSSR count). The number of carbonyl (C=O) groups is 1. The quantitative estimate of drug-likeness (QED) is 0.544.